The van der Waals surface area contributed by atoms with Gasteiger partial charge in [-0.1, -0.05) is 18.2 Å². The van der Waals surface area contributed by atoms with Gasteiger partial charge in [0.25, 0.3) is 0 Å². The molecular weight excluding hydrogens is 200 g/mol. The van der Waals surface area contributed by atoms with Crippen molar-refractivity contribution in [3.63, 3.8) is 0 Å². The lowest BCUT2D eigenvalue weighted by Crippen LogP contribution is -1.71. The first-order chi connectivity index (χ1) is 6.34. The van der Waals surface area contributed by atoms with Crippen molar-refractivity contribution in [1.29, 1.82) is 0 Å². The van der Waals surface area contributed by atoms with Crippen molar-refractivity contribution in [1.82, 2.24) is 0 Å². The minimum Gasteiger partial charge on any atom is -0.140 e. The monoisotopic (exact) mass is 208 g/mol. The smallest absolute Gasteiger partial charge is 0.0419 e. The van der Waals surface area contributed by atoms with E-state index in [0.29, 0.717) is 11.3 Å². The summed E-state index contributed by atoms with van der Waals surface area (Å²) in [5, 5.41) is 1.76. The molecule has 1 fully saturated rings. The van der Waals surface area contributed by atoms with Gasteiger partial charge >= 0.3 is 0 Å². The zero-order chi connectivity index (χ0) is 8.84. The molecule has 1 saturated carbocycles. The molecule has 0 unspecified atom stereocenters. The molecule has 2 aromatic rings. The van der Waals surface area contributed by atoms with Crippen LogP contribution >= 0.6 is 22.9 Å². The number of halogens is 1. The molecule has 1 aromatic carbocycles. The van der Waals surface area contributed by atoms with Gasteiger partial charge in [0.05, 0.1) is 0 Å². The number of thiophene rings is 1. The third-order valence-electron chi connectivity index (χ3n) is 2.52. The van der Waals surface area contributed by atoms with Crippen LogP contribution < -0.4 is 0 Å². The molecule has 3 rings (SSSR count). The molecule has 1 aliphatic rings. The molecule has 0 saturated heterocycles. The zero-order valence-electron chi connectivity index (χ0n) is 7.03. The third-order valence-corrected chi connectivity index (χ3v) is 4.25. The molecule has 0 amide bonds. The van der Waals surface area contributed by atoms with E-state index in [0.717, 1.165) is 6.42 Å². The highest BCUT2D eigenvalue weighted by atomic mass is 35.5. The number of benzene rings is 1. The van der Waals surface area contributed by atoms with Crippen LogP contribution in [0.5, 0.6) is 0 Å². The maximum absolute atomic E-state index is 6.02. The van der Waals surface area contributed by atoms with E-state index in [1.54, 1.807) is 0 Å². The lowest BCUT2D eigenvalue weighted by atomic mass is 10.2. The van der Waals surface area contributed by atoms with Gasteiger partial charge in [0.15, 0.2) is 0 Å². The van der Waals surface area contributed by atoms with E-state index in [1.807, 2.05) is 11.3 Å². The maximum Gasteiger partial charge on any atom is 0.0419 e. The first-order valence-corrected chi connectivity index (χ1v) is 5.72. The topological polar surface area (TPSA) is 0 Å². The predicted octanol–water partition coefficient (Wildman–Crippen LogP) is 4.00. The van der Waals surface area contributed by atoms with Gasteiger partial charge in [-0.25, -0.2) is 0 Å². The summed E-state index contributed by atoms with van der Waals surface area (Å²) in [7, 11) is 0. The minimum absolute atomic E-state index is 0.396. The molecule has 1 heterocycles. The summed E-state index contributed by atoms with van der Waals surface area (Å²) in [4.78, 5) is 1.46. The Morgan fingerprint density at radius 2 is 2.08 bits per heavy atom. The predicted molar refractivity (Wildman–Crippen MR) is 58.8 cm³/mol. The number of rotatable bonds is 1. The Kier molecular flexibility index (Phi) is 1.64. The van der Waals surface area contributed by atoms with E-state index in [1.165, 1.54) is 15.0 Å². The van der Waals surface area contributed by atoms with Gasteiger partial charge in [-0.2, -0.15) is 0 Å². The van der Waals surface area contributed by atoms with E-state index in [-0.39, 0.29) is 0 Å². The van der Waals surface area contributed by atoms with Crippen molar-refractivity contribution in [3.8, 4) is 0 Å². The maximum atomic E-state index is 6.02. The molecule has 0 nitrogen and oxygen atoms in total. The lowest BCUT2D eigenvalue weighted by molar-refractivity contribution is 1.18. The highest BCUT2D eigenvalue weighted by Crippen LogP contribution is 2.48. The van der Waals surface area contributed by atoms with Crippen LogP contribution in [0.1, 0.15) is 17.2 Å². The summed E-state index contributed by atoms with van der Waals surface area (Å²) >= 11 is 7.91. The fourth-order valence-corrected chi connectivity index (χ4v) is 3.29. The highest BCUT2D eigenvalue weighted by Gasteiger charge is 2.37. The van der Waals surface area contributed by atoms with Gasteiger partial charge in [0.2, 0.25) is 0 Å². The van der Waals surface area contributed by atoms with Gasteiger partial charge in [0.1, 0.15) is 0 Å². The van der Waals surface area contributed by atoms with Crippen LogP contribution in [0.2, 0.25) is 0 Å². The second kappa shape index (κ2) is 2.73. The van der Waals surface area contributed by atoms with Gasteiger partial charge < -0.3 is 0 Å². The summed E-state index contributed by atoms with van der Waals surface area (Å²) in [6.45, 7) is 0. The molecule has 0 spiro atoms. The van der Waals surface area contributed by atoms with E-state index in [9.17, 15) is 0 Å². The molecule has 0 N–H and O–H groups in total. The lowest BCUT2D eigenvalue weighted by Gasteiger charge is -1.85. The summed E-state index contributed by atoms with van der Waals surface area (Å²) in [6, 6.07) is 10.8. The van der Waals surface area contributed by atoms with Crippen molar-refractivity contribution >= 4 is 33.0 Å². The molecule has 0 radical (unpaired) electrons. The molecule has 2 atom stereocenters. The normalized spacial score (nSPS) is 26.5. The van der Waals surface area contributed by atoms with Crippen LogP contribution in [0, 0.1) is 0 Å². The third kappa shape index (κ3) is 1.27. The van der Waals surface area contributed by atoms with Gasteiger partial charge in [0, 0.05) is 20.9 Å². The molecule has 13 heavy (non-hydrogen) atoms. The van der Waals surface area contributed by atoms with Crippen LogP contribution in [0.3, 0.4) is 0 Å². The Morgan fingerprint density at radius 3 is 2.77 bits per heavy atom. The SMILES string of the molecule is Cl[C@H]1C[C@@H]1c1cc2ccccc2s1. The molecule has 2 heteroatoms. The van der Waals surface area contributed by atoms with Crippen molar-refractivity contribution in [2.24, 2.45) is 0 Å². The van der Waals surface area contributed by atoms with Crippen molar-refractivity contribution in [3.05, 3.63) is 35.2 Å². The average molecular weight is 209 g/mol. The molecular formula is C11H9ClS. The Hall–Kier alpha value is -0.530. The van der Waals surface area contributed by atoms with Crippen molar-refractivity contribution in [2.45, 2.75) is 17.7 Å². The van der Waals surface area contributed by atoms with E-state index in [2.05, 4.69) is 30.3 Å². The standard InChI is InChI=1S/C11H9ClS/c12-9-6-8(9)11-5-7-3-1-2-4-10(7)13-11/h1-5,8-9H,6H2/t8-,9-/m0/s1. The first kappa shape index (κ1) is 7.84. The average Bonchev–Trinajstić information content (AvgIpc) is 2.74. The van der Waals surface area contributed by atoms with Crippen molar-refractivity contribution in [2.75, 3.05) is 0 Å². The van der Waals surface area contributed by atoms with E-state index >= 15 is 0 Å². The number of hydrogen-bond acceptors (Lipinski definition) is 1. The summed E-state index contributed by atoms with van der Waals surface area (Å²) in [6.07, 6.45) is 1.16. The summed E-state index contributed by atoms with van der Waals surface area (Å²) in [5.41, 5.74) is 0. The van der Waals surface area contributed by atoms with E-state index in [4.69, 9.17) is 11.6 Å². The Balaban J connectivity index is 2.12. The van der Waals surface area contributed by atoms with Crippen LogP contribution in [0.15, 0.2) is 30.3 Å². The van der Waals surface area contributed by atoms with Crippen LogP contribution in [0.25, 0.3) is 10.1 Å². The number of fused-ring (bicyclic) bond motifs is 1. The zero-order valence-corrected chi connectivity index (χ0v) is 8.61. The Bertz CT molecular complexity index is 413. The summed E-state index contributed by atoms with van der Waals surface area (Å²) < 4.78 is 1.38. The van der Waals surface area contributed by atoms with Gasteiger partial charge in [-0.05, 0) is 23.9 Å². The second-order valence-corrected chi connectivity index (χ2v) is 5.22. The second-order valence-electron chi connectivity index (χ2n) is 3.54. The largest absolute Gasteiger partial charge is 0.140 e. The molecule has 1 aromatic heterocycles. The van der Waals surface area contributed by atoms with Crippen molar-refractivity contribution < 1.29 is 0 Å². The fourth-order valence-electron chi connectivity index (χ4n) is 1.64. The molecule has 66 valence electrons. The molecule has 0 bridgehead atoms. The van der Waals surface area contributed by atoms with Crippen LogP contribution in [0.4, 0.5) is 0 Å². The highest BCUT2D eigenvalue weighted by molar-refractivity contribution is 7.19. The molecule has 1 aliphatic carbocycles. The quantitative estimate of drug-likeness (QED) is 0.622. The minimum atomic E-state index is 0.396. The van der Waals surface area contributed by atoms with Gasteiger partial charge in [-0.3, -0.25) is 0 Å². The van der Waals surface area contributed by atoms with Gasteiger partial charge in [-0.15, -0.1) is 22.9 Å². The van der Waals surface area contributed by atoms with Crippen LogP contribution in [-0.2, 0) is 0 Å². The Labute approximate surface area is 86.1 Å². The number of alkyl halides is 1. The summed E-state index contributed by atoms with van der Waals surface area (Å²) in [5.74, 6) is 0.638. The van der Waals surface area contributed by atoms with Crippen LogP contribution in [-0.4, -0.2) is 5.38 Å². The fraction of sp³-hybridized carbons (Fsp3) is 0.273. The first-order valence-electron chi connectivity index (χ1n) is 4.47. The molecule has 0 aliphatic heterocycles. The van der Waals surface area contributed by atoms with E-state index < -0.39 is 0 Å². The Morgan fingerprint density at radius 1 is 1.31 bits per heavy atom. The number of hydrogen-bond donors (Lipinski definition) is 0.